The molecule has 2 atom stereocenters. The van der Waals surface area contributed by atoms with Gasteiger partial charge in [-0.2, -0.15) is 0 Å². The summed E-state index contributed by atoms with van der Waals surface area (Å²) in [5.41, 5.74) is 9.02. The summed E-state index contributed by atoms with van der Waals surface area (Å²) >= 11 is 0. The monoisotopic (exact) mass is 223 g/mol. The summed E-state index contributed by atoms with van der Waals surface area (Å²) in [5, 5.41) is 0. The normalized spacial score (nSPS) is 26.8. The van der Waals surface area contributed by atoms with Crippen LogP contribution in [0.15, 0.2) is 60.7 Å². The fourth-order valence-electron chi connectivity index (χ4n) is 2.86. The Hall–Kier alpha value is -1.60. The molecule has 17 heavy (non-hydrogen) atoms. The maximum atomic E-state index is 6.03. The lowest BCUT2D eigenvalue weighted by Gasteiger charge is -2.15. The molecule has 1 heteroatoms. The molecule has 2 N–H and O–H groups in total. The quantitative estimate of drug-likeness (QED) is 0.850. The van der Waals surface area contributed by atoms with E-state index < -0.39 is 0 Å². The maximum Gasteiger partial charge on any atom is 0.0150 e. The Bertz CT molecular complexity index is 491. The molecule has 1 nitrogen and oxygen atoms in total. The van der Waals surface area contributed by atoms with Crippen molar-refractivity contribution in [2.24, 2.45) is 5.73 Å². The van der Waals surface area contributed by atoms with Crippen molar-refractivity contribution in [2.45, 2.75) is 17.8 Å². The average molecular weight is 223 g/mol. The minimum absolute atomic E-state index is 0.183. The van der Waals surface area contributed by atoms with Gasteiger partial charge in [0.15, 0.2) is 0 Å². The van der Waals surface area contributed by atoms with Crippen molar-refractivity contribution < 1.29 is 0 Å². The molecule has 1 aliphatic carbocycles. The third kappa shape index (κ3) is 1.67. The number of rotatable bonds is 3. The SMILES string of the molecule is NC[C@]1(c2ccccc2)C[C@H]1c1ccccc1. The summed E-state index contributed by atoms with van der Waals surface area (Å²) in [4.78, 5) is 0. The highest BCUT2D eigenvalue weighted by Gasteiger charge is 2.54. The standard InChI is InChI=1S/C16H17N/c17-12-16(14-9-5-2-6-10-14)11-15(16)13-7-3-1-4-8-13/h1-10,15H,11-12,17H2/t15-,16-/m0/s1. The van der Waals surface area contributed by atoms with E-state index in [-0.39, 0.29) is 5.41 Å². The summed E-state index contributed by atoms with van der Waals surface area (Å²) in [6, 6.07) is 21.4. The number of nitrogens with two attached hydrogens (primary N) is 1. The van der Waals surface area contributed by atoms with Crippen molar-refractivity contribution >= 4 is 0 Å². The second-order valence-corrected chi connectivity index (χ2v) is 4.89. The van der Waals surface area contributed by atoms with E-state index in [4.69, 9.17) is 5.73 Å². The van der Waals surface area contributed by atoms with E-state index in [1.54, 1.807) is 0 Å². The molecule has 0 bridgehead atoms. The summed E-state index contributed by atoms with van der Waals surface area (Å²) in [5.74, 6) is 0.594. The van der Waals surface area contributed by atoms with Gasteiger partial charge in [0.2, 0.25) is 0 Å². The van der Waals surface area contributed by atoms with Gasteiger partial charge in [0.25, 0.3) is 0 Å². The van der Waals surface area contributed by atoms with Crippen molar-refractivity contribution in [1.82, 2.24) is 0 Å². The predicted molar refractivity (Wildman–Crippen MR) is 71.0 cm³/mol. The highest BCUT2D eigenvalue weighted by molar-refractivity contribution is 5.43. The molecular weight excluding hydrogens is 206 g/mol. The minimum Gasteiger partial charge on any atom is -0.330 e. The second-order valence-electron chi connectivity index (χ2n) is 4.89. The van der Waals surface area contributed by atoms with Crippen molar-refractivity contribution in [1.29, 1.82) is 0 Å². The van der Waals surface area contributed by atoms with Crippen molar-refractivity contribution in [3.05, 3.63) is 71.8 Å². The molecular formula is C16H17N. The third-order valence-corrected chi connectivity index (χ3v) is 3.99. The fraction of sp³-hybridized carbons (Fsp3) is 0.250. The van der Waals surface area contributed by atoms with Crippen LogP contribution in [-0.4, -0.2) is 6.54 Å². The molecule has 0 unspecified atom stereocenters. The summed E-state index contributed by atoms with van der Waals surface area (Å²) in [6.07, 6.45) is 1.18. The zero-order valence-electron chi connectivity index (χ0n) is 9.84. The van der Waals surface area contributed by atoms with Gasteiger partial charge >= 0.3 is 0 Å². The van der Waals surface area contributed by atoms with Crippen LogP contribution in [0.25, 0.3) is 0 Å². The van der Waals surface area contributed by atoms with Gasteiger partial charge < -0.3 is 5.73 Å². The Balaban J connectivity index is 1.94. The summed E-state index contributed by atoms with van der Waals surface area (Å²) in [7, 11) is 0. The number of hydrogen-bond acceptors (Lipinski definition) is 1. The van der Waals surface area contributed by atoms with Crippen molar-refractivity contribution in [2.75, 3.05) is 6.54 Å². The van der Waals surface area contributed by atoms with Crippen LogP contribution < -0.4 is 5.73 Å². The Morgan fingerprint density at radius 2 is 1.53 bits per heavy atom. The smallest absolute Gasteiger partial charge is 0.0150 e. The van der Waals surface area contributed by atoms with E-state index in [0.29, 0.717) is 5.92 Å². The molecule has 0 aromatic heterocycles. The molecule has 0 spiro atoms. The minimum atomic E-state index is 0.183. The molecule has 1 saturated carbocycles. The van der Waals surface area contributed by atoms with Gasteiger partial charge in [0.05, 0.1) is 0 Å². The van der Waals surface area contributed by atoms with Crippen LogP contribution >= 0.6 is 0 Å². The van der Waals surface area contributed by atoms with Crippen LogP contribution in [0.2, 0.25) is 0 Å². The largest absolute Gasteiger partial charge is 0.330 e. The first-order chi connectivity index (χ1) is 8.37. The molecule has 3 rings (SSSR count). The molecule has 2 aromatic carbocycles. The Morgan fingerprint density at radius 3 is 2.12 bits per heavy atom. The molecule has 1 fully saturated rings. The van der Waals surface area contributed by atoms with Crippen LogP contribution in [0.3, 0.4) is 0 Å². The number of hydrogen-bond donors (Lipinski definition) is 1. The average Bonchev–Trinajstić information content (AvgIpc) is 3.17. The molecule has 0 radical (unpaired) electrons. The molecule has 0 amide bonds. The molecule has 0 saturated heterocycles. The van der Waals surface area contributed by atoms with E-state index in [9.17, 15) is 0 Å². The topological polar surface area (TPSA) is 26.0 Å². The van der Waals surface area contributed by atoms with E-state index in [2.05, 4.69) is 60.7 Å². The molecule has 0 aliphatic heterocycles. The Morgan fingerprint density at radius 1 is 0.941 bits per heavy atom. The van der Waals surface area contributed by atoms with Crippen LogP contribution in [0.1, 0.15) is 23.5 Å². The van der Waals surface area contributed by atoms with Crippen LogP contribution in [0.5, 0.6) is 0 Å². The van der Waals surface area contributed by atoms with Gasteiger partial charge in [-0.05, 0) is 23.5 Å². The molecule has 0 heterocycles. The second kappa shape index (κ2) is 4.01. The summed E-state index contributed by atoms with van der Waals surface area (Å²) < 4.78 is 0. The van der Waals surface area contributed by atoms with Gasteiger partial charge in [0.1, 0.15) is 0 Å². The zero-order valence-corrected chi connectivity index (χ0v) is 9.84. The Kier molecular flexibility index (Phi) is 2.49. The maximum absolute atomic E-state index is 6.03. The van der Waals surface area contributed by atoms with Crippen LogP contribution in [-0.2, 0) is 5.41 Å². The van der Waals surface area contributed by atoms with Gasteiger partial charge in [-0.1, -0.05) is 60.7 Å². The lowest BCUT2D eigenvalue weighted by atomic mass is 9.91. The Labute approximate surface area is 102 Å². The molecule has 1 aliphatic rings. The van der Waals surface area contributed by atoms with E-state index >= 15 is 0 Å². The fourth-order valence-corrected chi connectivity index (χ4v) is 2.86. The first-order valence-corrected chi connectivity index (χ1v) is 6.17. The first kappa shape index (κ1) is 10.5. The zero-order chi connectivity index (χ0) is 11.7. The van der Waals surface area contributed by atoms with E-state index in [1.165, 1.54) is 17.5 Å². The predicted octanol–water partition coefficient (Wildman–Crippen LogP) is 3.07. The highest BCUT2D eigenvalue weighted by atomic mass is 14.7. The molecule has 86 valence electrons. The summed E-state index contributed by atoms with van der Waals surface area (Å²) in [6.45, 7) is 0.733. The highest BCUT2D eigenvalue weighted by Crippen LogP contribution is 2.59. The van der Waals surface area contributed by atoms with Gasteiger partial charge in [-0.3, -0.25) is 0 Å². The van der Waals surface area contributed by atoms with Crippen molar-refractivity contribution in [3.8, 4) is 0 Å². The van der Waals surface area contributed by atoms with Crippen LogP contribution in [0, 0.1) is 0 Å². The van der Waals surface area contributed by atoms with Gasteiger partial charge in [0, 0.05) is 12.0 Å². The lowest BCUT2D eigenvalue weighted by Crippen LogP contribution is -2.21. The van der Waals surface area contributed by atoms with Crippen molar-refractivity contribution in [3.63, 3.8) is 0 Å². The lowest BCUT2D eigenvalue weighted by molar-refractivity contribution is 0.676. The number of benzene rings is 2. The molecule has 2 aromatic rings. The van der Waals surface area contributed by atoms with Gasteiger partial charge in [-0.15, -0.1) is 0 Å². The van der Waals surface area contributed by atoms with Crippen LogP contribution in [0.4, 0.5) is 0 Å². The van der Waals surface area contributed by atoms with E-state index in [0.717, 1.165) is 6.54 Å². The van der Waals surface area contributed by atoms with E-state index in [1.807, 2.05) is 0 Å². The third-order valence-electron chi connectivity index (χ3n) is 3.99. The first-order valence-electron chi connectivity index (χ1n) is 6.17. The van der Waals surface area contributed by atoms with Gasteiger partial charge in [-0.25, -0.2) is 0 Å².